The maximum absolute atomic E-state index is 12.6. The Bertz CT molecular complexity index is 2780. The standard InChI is InChI=1S/C21H20F2N4O4S.C19H18F2N4O3S.ClH/c1-13(28)26-11-16-7-8-18(9-17(16)12-26)27(32(2,29)30)10-14-3-5-15(6-4-14)20-24-25-21(31-20)19(22)23;1-29(26,27)25(16-7-6-14-9-22-10-15(14)8-16)11-12-2-4-13(5-3-12)18-23-24-19(28-18)17(20)21;/h3-9,19H,10-12H2,1-2H3;2-8,17,22H,9-11H2,1H3;1H. The summed E-state index contributed by atoms with van der Waals surface area (Å²) in [6.45, 7) is 4.14. The molecule has 2 aromatic heterocycles. The number of sulfonamides is 2. The third-order valence-corrected chi connectivity index (χ3v) is 12.1. The van der Waals surface area contributed by atoms with Crippen LogP contribution in [-0.4, -0.2) is 60.5 Å². The Morgan fingerprint density at radius 2 is 1.06 bits per heavy atom. The normalized spacial score (nSPS) is 13.3. The Balaban J connectivity index is 0.000000204. The zero-order valence-electron chi connectivity index (χ0n) is 33.2. The maximum Gasteiger partial charge on any atom is 0.314 e. The van der Waals surface area contributed by atoms with Crippen LogP contribution in [0.25, 0.3) is 22.9 Å². The molecule has 1 amide bonds. The highest BCUT2D eigenvalue weighted by Gasteiger charge is 2.26. The van der Waals surface area contributed by atoms with E-state index in [4.69, 9.17) is 8.83 Å². The summed E-state index contributed by atoms with van der Waals surface area (Å²) in [6.07, 6.45) is -3.40. The van der Waals surface area contributed by atoms with Crippen molar-refractivity contribution < 1.29 is 48.0 Å². The van der Waals surface area contributed by atoms with Gasteiger partial charge in [0.25, 0.3) is 11.8 Å². The van der Waals surface area contributed by atoms with Crippen LogP contribution in [0.5, 0.6) is 0 Å². The molecule has 8 rings (SSSR count). The number of amides is 1. The van der Waals surface area contributed by atoms with E-state index in [-0.39, 0.29) is 43.2 Å². The first-order valence-corrected chi connectivity index (χ1v) is 22.2. The maximum atomic E-state index is 12.6. The average Bonchev–Trinajstić information content (AvgIpc) is 4.05. The highest BCUT2D eigenvalue weighted by Crippen LogP contribution is 2.31. The number of benzene rings is 4. The molecule has 0 bridgehead atoms. The number of nitrogens with one attached hydrogen (secondary N) is 1. The minimum Gasteiger partial charge on any atom is -0.415 e. The number of aromatic nitrogens is 4. The lowest BCUT2D eigenvalue weighted by Gasteiger charge is -2.23. The molecular weight excluding hydrogens is 880 g/mol. The van der Waals surface area contributed by atoms with Crippen LogP contribution < -0.4 is 13.9 Å². The molecule has 0 atom stereocenters. The third-order valence-electron chi connectivity index (χ3n) is 9.86. The molecule has 0 unspecified atom stereocenters. The van der Waals surface area contributed by atoms with Crippen molar-refractivity contribution in [2.24, 2.45) is 0 Å². The summed E-state index contributed by atoms with van der Waals surface area (Å²) in [5.41, 5.74) is 7.56. The van der Waals surface area contributed by atoms with Gasteiger partial charge in [0.15, 0.2) is 0 Å². The first-order chi connectivity index (χ1) is 28.9. The number of carbonyl (C=O) groups is 1. The molecule has 0 saturated carbocycles. The van der Waals surface area contributed by atoms with Gasteiger partial charge < -0.3 is 19.1 Å². The molecule has 22 heteroatoms. The number of rotatable bonds is 12. The fraction of sp³-hybridized carbons (Fsp3) is 0.275. The fourth-order valence-electron chi connectivity index (χ4n) is 6.71. The van der Waals surface area contributed by atoms with Gasteiger partial charge in [0.05, 0.1) is 37.0 Å². The molecule has 0 aliphatic carbocycles. The quantitative estimate of drug-likeness (QED) is 0.122. The Morgan fingerprint density at radius 3 is 1.48 bits per heavy atom. The zero-order valence-corrected chi connectivity index (χ0v) is 35.7. The number of anilines is 2. The Morgan fingerprint density at radius 1 is 0.645 bits per heavy atom. The molecule has 4 heterocycles. The minimum atomic E-state index is -3.60. The van der Waals surface area contributed by atoms with Gasteiger partial charge in [-0.2, -0.15) is 17.6 Å². The van der Waals surface area contributed by atoms with Crippen molar-refractivity contribution in [1.29, 1.82) is 0 Å². The van der Waals surface area contributed by atoms with Crippen molar-refractivity contribution in [2.75, 3.05) is 21.1 Å². The number of nitrogens with zero attached hydrogens (tertiary/aromatic N) is 7. The van der Waals surface area contributed by atoms with Crippen LogP contribution in [0.1, 0.15) is 64.9 Å². The lowest BCUT2D eigenvalue weighted by atomic mass is 10.1. The molecule has 0 fully saturated rings. The first-order valence-electron chi connectivity index (χ1n) is 18.5. The van der Waals surface area contributed by atoms with Gasteiger partial charge in [-0.25, -0.2) is 16.8 Å². The SMILES string of the molecule is CC(=O)N1Cc2ccc(N(Cc3ccc(-c4nnc(C(F)F)o4)cc3)S(C)(=O)=O)cc2C1.CS(=O)(=O)N(Cc1ccc(-c2nnc(C(F)F)o2)cc1)c1ccc2c(c1)CNC2.Cl. The Labute approximate surface area is 360 Å². The van der Waals surface area contributed by atoms with E-state index in [1.54, 1.807) is 71.6 Å². The van der Waals surface area contributed by atoms with Gasteiger partial charge in [0.1, 0.15) is 0 Å². The predicted molar refractivity (Wildman–Crippen MR) is 222 cm³/mol. The molecule has 0 saturated heterocycles. The third kappa shape index (κ3) is 10.6. The predicted octanol–water partition coefficient (Wildman–Crippen LogP) is 7.17. The van der Waals surface area contributed by atoms with Crippen LogP contribution in [0, 0.1) is 0 Å². The van der Waals surface area contributed by atoms with Crippen LogP contribution in [0.15, 0.2) is 93.8 Å². The van der Waals surface area contributed by atoms with Crippen molar-refractivity contribution in [3.63, 3.8) is 0 Å². The zero-order chi connectivity index (χ0) is 43.6. The van der Waals surface area contributed by atoms with Crippen LogP contribution in [0.3, 0.4) is 0 Å². The second kappa shape index (κ2) is 18.6. The van der Waals surface area contributed by atoms with Crippen LogP contribution >= 0.6 is 12.4 Å². The number of hydrogen-bond acceptors (Lipinski definition) is 12. The summed E-state index contributed by atoms with van der Waals surface area (Å²) in [5.74, 6) is -1.59. The number of alkyl halides is 4. The molecular formula is C40H39ClF4N8O7S2. The van der Waals surface area contributed by atoms with Crippen molar-refractivity contribution >= 4 is 49.7 Å². The van der Waals surface area contributed by atoms with Gasteiger partial charge in [-0.3, -0.25) is 13.4 Å². The highest BCUT2D eigenvalue weighted by molar-refractivity contribution is 7.92. The molecule has 6 aromatic rings. The molecule has 62 heavy (non-hydrogen) atoms. The van der Waals surface area contributed by atoms with Gasteiger partial charge in [0.2, 0.25) is 37.7 Å². The number of halogens is 5. The van der Waals surface area contributed by atoms with E-state index >= 15 is 0 Å². The van der Waals surface area contributed by atoms with Gasteiger partial charge in [-0.15, -0.1) is 32.8 Å². The van der Waals surface area contributed by atoms with E-state index in [2.05, 4.69) is 25.7 Å². The van der Waals surface area contributed by atoms with Gasteiger partial charge >= 0.3 is 12.9 Å². The highest BCUT2D eigenvalue weighted by atomic mass is 35.5. The molecule has 4 aromatic carbocycles. The van der Waals surface area contributed by atoms with Crippen molar-refractivity contribution in [3.05, 3.63) is 130 Å². The molecule has 2 aliphatic heterocycles. The lowest BCUT2D eigenvalue weighted by Crippen LogP contribution is -2.29. The van der Waals surface area contributed by atoms with E-state index in [0.29, 0.717) is 47.7 Å². The summed E-state index contributed by atoms with van der Waals surface area (Å²) in [6, 6.07) is 24.2. The van der Waals surface area contributed by atoms with Gasteiger partial charge in [-0.05, 0) is 81.9 Å². The first kappa shape index (κ1) is 45.6. The summed E-state index contributed by atoms with van der Waals surface area (Å²) in [5, 5.41) is 17.1. The number of hydrogen-bond donors (Lipinski definition) is 1. The molecule has 0 spiro atoms. The number of carbonyl (C=O) groups excluding carboxylic acids is 1. The molecule has 0 radical (unpaired) electrons. The van der Waals surface area contributed by atoms with E-state index in [1.165, 1.54) is 15.5 Å². The molecule has 2 aliphatic rings. The second-order valence-electron chi connectivity index (χ2n) is 14.3. The van der Waals surface area contributed by atoms with Gasteiger partial charge in [0, 0.05) is 44.2 Å². The second-order valence-corrected chi connectivity index (χ2v) is 18.1. The van der Waals surface area contributed by atoms with E-state index in [9.17, 15) is 39.2 Å². The minimum absolute atomic E-state index is 0. The van der Waals surface area contributed by atoms with E-state index in [1.807, 2.05) is 18.2 Å². The van der Waals surface area contributed by atoms with Crippen molar-refractivity contribution in [2.45, 2.75) is 59.0 Å². The molecule has 328 valence electrons. The number of fused-ring (bicyclic) bond motifs is 2. The lowest BCUT2D eigenvalue weighted by molar-refractivity contribution is -0.129. The molecule has 15 nitrogen and oxygen atoms in total. The average molecular weight is 919 g/mol. The Kier molecular flexibility index (Phi) is 13.7. The van der Waals surface area contributed by atoms with Crippen LogP contribution in [-0.2, 0) is 64.1 Å². The van der Waals surface area contributed by atoms with Gasteiger partial charge in [-0.1, -0.05) is 36.4 Å². The summed E-state index contributed by atoms with van der Waals surface area (Å²) in [4.78, 5) is 13.4. The van der Waals surface area contributed by atoms with Crippen LogP contribution in [0.2, 0.25) is 0 Å². The Hall–Kier alpha value is -5.90. The topological polar surface area (TPSA) is 185 Å². The largest absolute Gasteiger partial charge is 0.415 e. The summed E-state index contributed by atoms with van der Waals surface area (Å²) < 4.78 is 113. The monoisotopic (exact) mass is 918 g/mol. The van der Waals surface area contributed by atoms with Crippen LogP contribution in [0.4, 0.5) is 28.9 Å². The van der Waals surface area contributed by atoms with E-state index < -0.39 is 44.7 Å². The smallest absolute Gasteiger partial charge is 0.314 e. The molecule has 1 N–H and O–H groups in total. The van der Waals surface area contributed by atoms with E-state index in [0.717, 1.165) is 46.9 Å². The summed E-state index contributed by atoms with van der Waals surface area (Å²) in [7, 11) is -7.12. The van der Waals surface area contributed by atoms with Crippen molar-refractivity contribution in [3.8, 4) is 22.9 Å². The fourth-order valence-corrected chi connectivity index (χ4v) is 8.47. The summed E-state index contributed by atoms with van der Waals surface area (Å²) >= 11 is 0. The van der Waals surface area contributed by atoms with Crippen molar-refractivity contribution in [1.82, 2.24) is 30.6 Å².